The fourth-order valence-corrected chi connectivity index (χ4v) is 2.25. The fourth-order valence-electron chi connectivity index (χ4n) is 2.08. The highest BCUT2D eigenvalue weighted by molar-refractivity contribution is 6.20. The van der Waals surface area contributed by atoms with Gasteiger partial charge in [-0.1, -0.05) is 0 Å². The molecule has 0 aliphatic rings. The molecule has 1 unspecified atom stereocenters. The summed E-state index contributed by atoms with van der Waals surface area (Å²) in [6.45, 7) is 4.87. The number of carbonyl (C=O) groups excluding carboxylic acids is 1. The minimum atomic E-state index is -0.300. The molecule has 0 spiro atoms. The number of nitrogens with zero attached hydrogens (tertiary/aromatic N) is 3. The van der Waals surface area contributed by atoms with E-state index in [0.717, 1.165) is 11.1 Å². The molecule has 0 saturated carbocycles. The van der Waals surface area contributed by atoms with Gasteiger partial charge in [-0.2, -0.15) is 0 Å². The number of rotatable bonds is 6. The van der Waals surface area contributed by atoms with Crippen LogP contribution in [-0.2, 0) is 16.1 Å². The molecular formula is C14H19ClN4O2. The van der Waals surface area contributed by atoms with Crippen LogP contribution >= 0.6 is 11.6 Å². The third-order valence-corrected chi connectivity index (χ3v) is 3.23. The van der Waals surface area contributed by atoms with Crippen molar-refractivity contribution < 1.29 is 9.53 Å². The minimum absolute atomic E-state index is 0.118. The first-order chi connectivity index (χ1) is 10.0. The number of pyridine rings is 1. The van der Waals surface area contributed by atoms with Crippen LogP contribution in [0.1, 0.15) is 23.7 Å². The maximum atomic E-state index is 12.0. The van der Waals surface area contributed by atoms with Crippen molar-refractivity contribution >= 4 is 28.7 Å². The number of hydrogen-bond donors (Lipinski definition) is 1. The molecule has 2 aromatic rings. The summed E-state index contributed by atoms with van der Waals surface area (Å²) in [5, 5.41) is 2.48. The summed E-state index contributed by atoms with van der Waals surface area (Å²) in [7, 11) is 1.59. The Labute approximate surface area is 128 Å². The molecule has 6 nitrogen and oxygen atoms in total. The summed E-state index contributed by atoms with van der Waals surface area (Å²) >= 11 is 6.17. The van der Waals surface area contributed by atoms with Crippen LogP contribution in [-0.4, -0.2) is 40.7 Å². The van der Waals surface area contributed by atoms with Gasteiger partial charge in [0.25, 0.3) is 0 Å². The highest BCUT2D eigenvalue weighted by atomic mass is 35.5. The van der Waals surface area contributed by atoms with Gasteiger partial charge in [-0.25, -0.2) is 9.97 Å². The van der Waals surface area contributed by atoms with Crippen LogP contribution in [0.15, 0.2) is 12.3 Å². The number of methoxy groups -OCH3 is 1. The zero-order valence-corrected chi connectivity index (χ0v) is 13.1. The van der Waals surface area contributed by atoms with E-state index in [9.17, 15) is 4.79 Å². The summed E-state index contributed by atoms with van der Waals surface area (Å²) in [6.07, 6.45) is 1.76. The molecule has 2 heterocycles. The predicted octanol–water partition coefficient (Wildman–Crippen LogP) is 1.80. The topological polar surface area (TPSA) is 69.0 Å². The molecule has 0 aliphatic carbocycles. The fraction of sp³-hybridized carbons (Fsp3) is 0.500. The summed E-state index contributed by atoms with van der Waals surface area (Å²) in [4.78, 5) is 20.8. The molecule has 2 aromatic heterocycles. The molecule has 21 heavy (non-hydrogen) atoms. The molecule has 0 bridgehead atoms. The van der Waals surface area contributed by atoms with E-state index < -0.39 is 0 Å². The zero-order valence-electron chi connectivity index (χ0n) is 12.4. The number of halogens is 1. The van der Waals surface area contributed by atoms with E-state index in [4.69, 9.17) is 16.3 Å². The number of ether oxygens (including phenoxy) is 1. The number of alkyl halides is 1. The lowest BCUT2D eigenvalue weighted by molar-refractivity contribution is -0.121. The molecule has 0 saturated heterocycles. The second-order valence-corrected chi connectivity index (χ2v) is 5.52. The van der Waals surface area contributed by atoms with Gasteiger partial charge in [-0.05, 0) is 25.5 Å². The average Bonchev–Trinajstić information content (AvgIpc) is 2.77. The van der Waals surface area contributed by atoms with Crippen LogP contribution in [0.25, 0.3) is 11.2 Å². The van der Waals surface area contributed by atoms with E-state index in [1.807, 2.05) is 19.9 Å². The average molecular weight is 311 g/mol. The zero-order chi connectivity index (χ0) is 15.4. The highest BCUT2D eigenvalue weighted by Crippen LogP contribution is 2.23. The first-order valence-corrected chi connectivity index (χ1v) is 7.19. The number of nitrogens with one attached hydrogen (secondary N) is 1. The van der Waals surface area contributed by atoms with Gasteiger partial charge in [-0.3, -0.25) is 4.79 Å². The third kappa shape index (κ3) is 3.71. The number of hydrogen-bond acceptors (Lipinski definition) is 4. The van der Waals surface area contributed by atoms with Crippen LogP contribution in [0.4, 0.5) is 0 Å². The van der Waals surface area contributed by atoms with E-state index in [0.29, 0.717) is 24.6 Å². The van der Waals surface area contributed by atoms with Crippen molar-refractivity contribution in [2.24, 2.45) is 0 Å². The van der Waals surface area contributed by atoms with E-state index in [2.05, 4.69) is 15.3 Å². The Hall–Kier alpha value is -1.66. The van der Waals surface area contributed by atoms with E-state index in [1.54, 1.807) is 17.9 Å². The summed E-state index contributed by atoms with van der Waals surface area (Å²) < 4.78 is 6.66. The van der Waals surface area contributed by atoms with Gasteiger partial charge >= 0.3 is 0 Å². The van der Waals surface area contributed by atoms with Gasteiger partial charge in [0.15, 0.2) is 5.65 Å². The number of amides is 1. The minimum Gasteiger partial charge on any atom is -0.383 e. The van der Waals surface area contributed by atoms with Crippen LogP contribution in [0.5, 0.6) is 0 Å². The molecule has 1 atom stereocenters. The lowest BCUT2D eigenvalue weighted by atomic mass is 10.3. The van der Waals surface area contributed by atoms with Crippen molar-refractivity contribution in [3.63, 3.8) is 0 Å². The second-order valence-electron chi connectivity index (χ2n) is 4.87. The van der Waals surface area contributed by atoms with Crippen molar-refractivity contribution in [3.8, 4) is 0 Å². The highest BCUT2D eigenvalue weighted by Gasteiger charge is 2.18. The Balaban J connectivity index is 2.28. The first kappa shape index (κ1) is 15.7. The molecule has 0 aromatic carbocycles. The van der Waals surface area contributed by atoms with Crippen molar-refractivity contribution in [1.29, 1.82) is 0 Å². The van der Waals surface area contributed by atoms with Crippen LogP contribution < -0.4 is 5.32 Å². The second kappa shape index (κ2) is 6.87. The number of aryl methyl sites for hydroxylation is 1. The van der Waals surface area contributed by atoms with Crippen molar-refractivity contribution in [3.05, 3.63) is 23.7 Å². The van der Waals surface area contributed by atoms with Gasteiger partial charge in [0.2, 0.25) is 5.91 Å². The van der Waals surface area contributed by atoms with E-state index in [1.165, 1.54) is 0 Å². The summed E-state index contributed by atoms with van der Waals surface area (Å²) in [6, 6.07) is 1.93. The number of imidazole rings is 1. The Morgan fingerprint density at radius 1 is 1.57 bits per heavy atom. The smallest absolute Gasteiger partial charge is 0.240 e. The monoisotopic (exact) mass is 310 g/mol. The molecule has 2 rings (SSSR count). The maximum absolute atomic E-state index is 12.0. The van der Waals surface area contributed by atoms with E-state index >= 15 is 0 Å². The predicted molar refractivity (Wildman–Crippen MR) is 81.4 cm³/mol. The third-order valence-electron chi connectivity index (χ3n) is 3.04. The lowest BCUT2D eigenvalue weighted by Crippen LogP contribution is -2.31. The van der Waals surface area contributed by atoms with Crippen LogP contribution in [0, 0.1) is 6.92 Å². The van der Waals surface area contributed by atoms with Crippen molar-refractivity contribution in [2.45, 2.75) is 25.8 Å². The number of fused-ring (bicyclic) bond motifs is 1. The SMILES string of the molecule is COCCNC(=O)Cn1c(C(C)Cl)nc2cc(C)cnc21. The van der Waals surface area contributed by atoms with Gasteiger partial charge < -0.3 is 14.6 Å². The van der Waals surface area contributed by atoms with Crippen molar-refractivity contribution in [2.75, 3.05) is 20.3 Å². The quantitative estimate of drug-likeness (QED) is 0.652. The Kier molecular flexibility index (Phi) is 5.14. The van der Waals surface area contributed by atoms with Crippen molar-refractivity contribution in [1.82, 2.24) is 19.9 Å². The number of carbonyl (C=O) groups is 1. The molecular weight excluding hydrogens is 292 g/mol. The molecule has 0 aliphatic heterocycles. The summed E-state index contributed by atoms with van der Waals surface area (Å²) in [5.41, 5.74) is 2.44. The Bertz CT molecular complexity index is 639. The van der Waals surface area contributed by atoms with E-state index in [-0.39, 0.29) is 17.8 Å². The number of aromatic nitrogens is 3. The Morgan fingerprint density at radius 2 is 2.33 bits per heavy atom. The van der Waals surface area contributed by atoms with Gasteiger partial charge in [0.1, 0.15) is 17.9 Å². The van der Waals surface area contributed by atoms with Crippen LogP contribution in [0.3, 0.4) is 0 Å². The molecule has 1 amide bonds. The van der Waals surface area contributed by atoms with Gasteiger partial charge in [0.05, 0.1) is 12.0 Å². The Morgan fingerprint density at radius 3 is 3.00 bits per heavy atom. The largest absolute Gasteiger partial charge is 0.383 e. The van der Waals surface area contributed by atoms with Gasteiger partial charge in [0, 0.05) is 19.9 Å². The molecule has 0 fully saturated rings. The maximum Gasteiger partial charge on any atom is 0.240 e. The standard InChI is InChI=1S/C14H19ClN4O2/c1-9-6-11-14(17-7-9)19(13(18-11)10(2)15)8-12(20)16-4-5-21-3/h6-7,10H,4-5,8H2,1-3H3,(H,16,20). The summed E-state index contributed by atoms with van der Waals surface area (Å²) in [5.74, 6) is 0.527. The normalized spacial score (nSPS) is 12.6. The lowest BCUT2D eigenvalue weighted by Gasteiger charge is -2.10. The molecule has 0 radical (unpaired) electrons. The molecule has 114 valence electrons. The van der Waals surface area contributed by atoms with Gasteiger partial charge in [-0.15, -0.1) is 11.6 Å². The van der Waals surface area contributed by atoms with Crippen LogP contribution in [0.2, 0.25) is 0 Å². The molecule has 1 N–H and O–H groups in total. The first-order valence-electron chi connectivity index (χ1n) is 6.75. The molecule has 7 heteroatoms.